The van der Waals surface area contributed by atoms with Gasteiger partial charge in [-0.05, 0) is 25.7 Å². The number of hydrogen-bond acceptors (Lipinski definition) is 1. The van der Waals surface area contributed by atoms with E-state index in [4.69, 9.17) is 0 Å². The van der Waals surface area contributed by atoms with Gasteiger partial charge in [-0.1, -0.05) is 6.42 Å². The van der Waals surface area contributed by atoms with Crippen LogP contribution in [0.5, 0.6) is 0 Å². The van der Waals surface area contributed by atoms with Gasteiger partial charge in [-0.3, -0.25) is 0 Å². The smallest absolute Gasteiger partial charge is 0.00454 e. The van der Waals surface area contributed by atoms with Crippen LogP contribution in [0.2, 0.25) is 0 Å². The van der Waals surface area contributed by atoms with Gasteiger partial charge >= 0.3 is 0 Å². The molecule has 1 aliphatic carbocycles. The molecule has 0 saturated heterocycles. The summed E-state index contributed by atoms with van der Waals surface area (Å²) >= 11 is 4.21. The van der Waals surface area contributed by atoms with E-state index in [9.17, 15) is 0 Å². The van der Waals surface area contributed by atoms with E-state index in [1.165, 1.54) is 19.3 Å². The lowest BCUT2D eigenvalue weighted by molar-refractivity contribution is 0.327. The van der Waals surface area contributed by atoms with Crippen LogP contribution in [0.4, 0.5) is 0 Å². The van der Waals surface area contributed by atoms with Crippen LogP contribution in [0.15, 0.2) is 0 Å². The lowest BCUT2D eigenvalue weighted by atomic mass is 9.83. The molecule has 0 N–H and O–H groups in total. The van der Waals surface area contributed by atoms with Crippen LogP contribution in [0, 0.1) is 12.8 Å². The van der Waals surface area contributed by atoms with Crippen molar-refractivity contribution in [3.8, 4) is 0 Å². The predicted molar refractivity (Wildman–Crippen MR) is 35.5 cm³/mol. The Morgan fingerprint density at radius 2 is 2.14 bits per heavy atom. The molecule has 1 fully saturated rings. The van der Waals surface area contributed by atoms with Crippen molar-refractivity contribution < 1.29 is 0 Å². The molecule has 0 nitrogen and oxygen atoms in total. The van der Waals surface area contributed by atoms with E-state index < -0.39 is 0 Å². The maximum atomic E-state index is 4.21. The minimum absolute atomic E-state index is 0.397. The van der Waals surface area contributed by atoms with Crippen LogP contribution in [-0.4, -0.2) is 5.25 Å². The molecular formula is C6H11S. The summed E-state index contributed by atoms with van der Waals surface area (Å²) in [6, 6.07) is 0. The zero-order valence-corrected chi connectivity index (χ0v) is 5.32. The molecule has 0 heterocycles. The van der Waals surface area contributed by atoms with E-state index in [0.29, 0.717) is 5.25 Å². The summed E-state index contributed by atoms with van der Waals surface area (Å²) in [6.07, 6.45) is 4.12. The zero-order chi connectivity index (χ0) is 5.28. The zero-order valence-electron chi connectivity index (χ0n) is 4.43. The van der Waals surface area contributed by atoms with E-state index in [2.05, 4.69) is 19.6 Å². The van der Waals surface area contributed by atoms with Crippen LogP contribution < -0.4 is 0 Å². The summed E-state index contributed by atoms with van der Waals surface area (Å²) in [4.78, 5) is 0. The minimum atomic E-state index is 0.397. The lowest BCUT2D eigenvalue weighted by Gasteiger charge is -2.27. The topological polar surface area (TPSA) is 0 Å². The molecule has 1 heteroatoms. The molecule has 1 radical (unpaired) electrons. The summed E-state index contributed by atoms with van der Waals surface area (Å²) in [6.45, 7) is 3.82. The van der Waals surface area contributed by atoms with Crippen molar-refractivity contribution >= 4 is 12.6 Å². The highest BCUT2D eigenvalue weighted by atomic mass is 32.1. The Balaban J connectivity index is 2.14. The molecule has 0 aromatic heterocycles. The Labute approximate surface area is 50.7 Å². The summed E-state index contributed by atoms with van der Waals surface area (Å²) in [5, 5.41) is 0.397. The average molecular weight is 115 g/mol. The van der Waals surface area contributed by atoms with Crippen LogP contribution in [0.25, 0.3) is 0 Å². The van der Waals surface area contributed by atoms with Gasteiger partial charge in [0.25, 0.3) is 0 Å². The van der Waals surface area contributed by atoms with Gasteiger partial charge in [0.2, 0.25) is 0 Å². The SMILES string of the molecule is [CH2]C(S)C1CCC1. The highest BCUT2D eigenvalue weighted by Gasteiger charge is 2.20. The van der Waals surface area contributed by atoms with E-state index >= 15 is 0 Å². The van der Waals surface area contributed by atoms with E-state index in [-0.39, 0.29) is 0 Å². The van der Waals surface area contributed by atoms with Gasteiger partial charge in [0.05, 0.1) is 0 Å². The Hall–Kier alpha value is 0.350. The molecule has 0 spiro atoms. The molecule has 1 saturated carbocycles. The normalized spacial score (nSPS) is 26.6. The molecule has 0 aromatic rings. The van der Waals surface area contributed by atoms with E-state index in [1.807, 2.05) is 0 Å². The fraction of sp³-hybridized carbons (Fsp3) is 0.833. The number of rotatable bonds is 1. The second-order valence-electron chi connectivity index (χ2n) is 2.26. The van der Waals surface area contributed by atoms with Gasteiger partial charge in [-0.15, -0.1) is 0 Å². The first-order chi connectivity index (χ1) is 3.30. The second-order valence-corrected chi connectivity index (χ2v) is 2.92. The molecule has 0 aromatic carbocycles. The molecule has 0 aliphatic heterocycles. The van der Waals surface area contributed by atoms with Crippen molar-refractivity contribution in [1.82, 2.24) is 0 Å². The summed E-state index contributed by atoms with van der Waals surface area (Å²) in [5.41, 5.74) is 0. The van der Waals surface area contributed by atoms with E-state index in [0.717, 1.165) is 5.92 Å². The maximum absolute atomic E-state index is 4.21. The summed E-state index contributed by atoms with van der Waals surface area (Å²) in [5.74, 6) is 0.836. The van der Waals surface area contributed by atoms with Crippen molar-refractivity contribution in [2.45, 2.75) is 24.5 Å². The van der Waals surface area contributed by atoms with Gasteiger partial charge in [0, 0.05) is 5.25 Å². The van der Waals surface area contributed by atoms with Crippen molar-refractivity contribution in [1.29, 1.82) is 0 Å². The number of thiol groups is 1. The van der Waals surface area contributed by atoms with E-state index in [1.54, 1.807) is 0 Å². The molecular weight excluding hydrogens is 104 g/mol. The average Bonchev–Trinajstić information content (AvgIpc) is 1.23. The predicted octanol–water partition coefficient (Wildman–Crippen LogP) is 1.92. The lowest BCUT2D eigenvalue weighted by Crippen LogP contribution is -2.19. The first-order valence-corrected chi connectivity index (χ1v) is 3.33. The maximum Gasteiger partial charge on any atom is 0.00454 e. The fourth-order valence-corrected chi connectivity index (χ4v) is 1.12. The monoisotopic (exact) mass is 115 g/mol. The Kier molecular flexibility index (Phi) is 1.63. The summed E-state index contributed by atoms with van der Waals surface area (Å²) < 4.78 is 0. The van der Waals surface area contributed by atoms with Crippen molar-refractivity contribution in [2.24, 2.45) is 5.92 Å². The fourth-order valence-electron chi connectivity index (χ4n) is 0.825. The molecule has 1 aliphatic rings. The van der Waals surface area contributed by atoms with Crippen LogP contribution >= 0.6 is 12.6 Å². The van der Waals surface area contributed by atoms with Gasteiger partial charge in [-0.25, -0.2) is 0 Å². The summed E-state index contributed by atoms with van der Waals surface area (Å²) in [7, 11) is 0. The third-order valence-corrected chi connectivity index (χ3v) is 2.12. The second kappa shape index (κ2) is 2.08. The number of hydrogen-bond donors (Lipinski definition) is 1. The van der Waals surface area contributed by atoms with Crippen LogP contribution in [0.1, 0.15) is 19.3 Å². The van der Waals surface area contributed by atoms with Gasteiger partial charge in [-0.2, -0.15) is 12.6 Å². The van der Waals surface area contributed by atoms with Crippen molar-refractivity contribution in [2.75, 3.05) is 0 Å². The Morgan fingerprint density at radius 3 is 2.14 bits per heavy atom. The first-order valence-electron chi connectivity index (χ1n) is 2.82. The molecule has 1 rings (SSSR count). The Morgan fingerprint density at radius 1 is 1.57 bits per heavy atom. The van der Waals surface area contributed by atoms with Crippen molar-refractivity contribution in [3.63, 3.8) is 0 Å². The van der Waals surface area contributed by atoms with Gasteiger partial charge in [0.15, 0.2) is 0 Å². The molecule has 1 atom stereocenters. The van der Waals surface area contributed by atoms with Crippen LogP contribution in [0.3, 0.4) is 0 Å². The highest BCUT2D eigenvalue weighted by Crippen LogP contribution is 2.31. The molecule has 1 unspecified atom stereocenters. The van der Waals surface area contributed by atoms with Gasteiger partial charge < -0.3 is 0 Å². The third kappa shape index (κ3) is 1.12. The minimum Gasteiger partial charge on any atom is -0.176 e. The molecule has 7 heavy (non-hydrogen) atoms. The standard InChI is InChI=1S/C6H11S/c1-5(7)6-3-2-4-6/h5-7H,1-4H2. The Bertz CT molecular complexity index is 55.2. The highest BCUT2D eigenvalue weighted by molar-refractivity contribution is 7.81. The first kappa shape index (κ1) is 5.49. The van der Waals surface area contributed by atoms with Gasteiger partial charge in [0.1, 0.15) is 0 Å². The van der Waals surface area contributed by atoms with Crippen LogP contribution in [-0.2, 0) is 0 Å². The molecule has 0 bridgehead atoms. The third-order valence-electron chi connectivity index (χ3n) is 1.69. The van der Waals surface area contributed by atoms with Crippen molar-refractivity contribution in [3.05, 3.63) is 6.92 Å². The largest absolute Gasteiger partial charge is 0.176 e. The molecule has 0 amide bonds. The quantitative estimate of drug-likeness (QED) is 0.496. The molecule has 41 valence electrons.